The molecule has 32 heavy (non-hydrogen) atoms. The van der Waals surface area contributed by atoms with E-state index in [0.29, 0.717) is 48.0 Å². The minimum absolute atomic E-state index is 0.0263. The van der Waals surface area contributed by atoms with Crippen molar-refractivity contribution in [3.8, 4) is 11.5 Å². The molecule has 2 heterocycles. The number of nitrogens with zero attached hydrogens (tertiary/aromatic N) is 2. The van der Waals surface area contributed by atoms with Gasteiger partial charge in [0, 0.05) is 45.2 Å². The summed E-state index contributed by atoms with van der Waals surface area (Å²) in [5, 5.41) is 25.1. The summed E-state index contributed by atoms with van der Waals surface area (Å²) in [6, 6.07) is 17.6. The highest BCUT2D eigenvalue weighted by atomic mass is 35.5. The molecule has 5 rings (SSSR count). The lowest BCUT2D eigenvalue weighted by molar-refractivity contribution is 0.464. The van der Waals surface area contributed by atoms with Crippen LogP contribution in [0.5, 0.6) is 11.5 Å². The van der Waals surface area contributed by atoms with Gasteiger partial charge < -0.3 is 10.2 Å². The fourth-order valence-electron chi connectivity index (χ4n) is 4.03. The number of aromatic nitrogens is 2. The molecule has 0 saturated heterocycles. The van der Waals surface area contributed by atoms with Crippen LogP contribution in [-0.4, -0.2) is 20.2 Å². The van der Waals surface area contributed by atoms with Crippen molar-refractivity contribution >= 4 is 56.6 Å². The molecule has 0 aliphatic carbocycles. The van der Waals surface area contributed by atoms with Crippen molar-refractivity contribution in [2.75, 3.05) is 0 Å². The average Bonchev–Trinajstić information content (AvgIpc) is 2.81. The van der Waals surface area contributed by atoms with Gasteiger partial charge in [-0.05, 0) is 54.1 Å². The van der Waals surface area contributed by atoms with Gasteiger partial charge in [-0.3, -0.25) is 9.97 Å². The molecule has 2 aromatic heterocycles. The molecule has 0 radical (unpaired) electrons. The number of fused-ring (bicyclic) bond motifs is 2. The summed E-state index contributed by atoms with van der Waals surface area (Å²) < 4.78 is 0. The number of pyridine rings is 2. The van der Waals surface area contributed by atoms with E-state index < -0.39 is 5.92 Å². The van der Waals surface area contributed by atoms with Crippen molar-refractivity contribution in [1.82, 2.24) is 9.97 Å². The Balaban J connectivity index is 1.86. The summed E-state index contributed by atoms with van der Waals surface area (Å²) in [5.41, 5.74) is 2.48. The minimum Gasteiger partial charge on any atom is -0.505 e. The van der Waals surface area contributed by atoms with Gasteiger partial charge >= 0.3 is 0 Å². The maximum absolute atomic E-state index is 11.2. The van der Waals surface area contributed by atoms with Crippen LogP contribution in [0.3, 0.4) is 0 Å². The Morgan fingerprint density at radius 3 is 1.59 bits per heavy atom. The van der Waals surface area contributed by atoms with E-state index in [1.54, 1.807) is 60.9 Å². The highest BCUT2D eigenvalue weighted by molar-refractivity contribution is 6.36. The fourth-order valence-corrected chi connectivity index (χ4v) is 4.70. The standard InChI is InChI=1S/C25H15Cl3N2O2/c26-14-7-5-13(6-8-14)21(17-11-19(27)15-3-1-9-29-22(15)24(17)31)18-12-20(28)16-4-2-10-30-23(16)25(18)32/h1-12,21,31-32H. The Hall–Kier alpha value is -3.05. The zero-order chi connectivity index (χ0) is 22.4. The fraction of sp³-hybridized carbons (Fsp3) is 0.0400. The number of hydrogen-bond donors (Lipinski definition) is 2. The highest BCUT2D eigenvalue weighted by Gasteiger charge is 2.27. The first-order valence-corrected chi connectivity index (χ1v) is 10.9. The monoisotopic (exact) mass is 480 g/mol. The number of benzene rings is 3. The molecular formula is C25H15Cl3N2O2. The Bertz CT molecular complexity index is 1400. The molecule has 7 heteroatoms. The topological polar surface area (TPSA) is 66.2 Å². The van der Waals surface area contributed by atoms with Gasteiger partial charge in [0.15, 0.2) is 0 Å². The Labute approximate surface area is 198 Å². The first-order valence-electron chi connectivity index (χ1n) is 9.73. The molecule has 2 N–H and O–H groups in total. The van der Waals surface area contributed by atoms with E-state index in [0.717, 1.165) is 5.56 Å². The largest absolute Gasteiger partial charge is 0.505 e. The van der Waals surface area contributed by atoms with E-state index in [2.05, 4.69) is 9.97 Å². The SMILES string of the molecule is Oc1c(C(c2ccc(Cl)cc2)c2cc(Cl)c3cccnc3c2O)cc(Cl)c2cccnc12. The maximum Gasteiger partial charge on any atom is 0.146 e. The number of phenols is 2. The zero-order valence-electron chi connectivity index (χ0n) is 16.4. The zero-order valence-corrected chi connectivity index (χ0v) is 18.7. The van der Waals surface area contributed by atoms with Crippen molar-refractivity contribution in [2.24, 2.45) is 0 Å². The lowest BCUT2D eigenvalue weighted by Gasteiger charge is -2.23. The van der Waals surface area contributed by atoms with E-state index >= 15 is 0 Å². The number of halogens is 3. The van der Waals surface area contributed by atoms with Crippen LogP contribution in [0.1, 0.15) is 22.6 Å². The van der Waals surface area contributed by atoms with E-state index in [-0.39, 0.29) is 11.5 Å². The third kappa shape index (κ3) is 3.41. The molecule has 0 unspecified atom stereocenters. The summed E-state index contributed by atoms with van der Waals surface area (Å²) in [4.78, 5) is 8.64. The van der Waals surface area contributed by atoms with Gasteiger partial charge in [-0.15, -0.1) is 0 Å². The second kappa shape index (κ2) is 8.14. The molecule has 0 amide bonds. The first-order chi connectivity index (χ1) is 15.5. The van der Waals surface area contributed by atoms with Gasteiger partial charge in [0.05, 0.1) is 10.0 Å². The van der Waals surface area contributed by atoms with Crippen LogP contribution in [0.25, 0.3) is 21.8 Å². The molecule has 0 saturated carbocycles. The second-order valence-electron chi connectivity index (χ2n) is 7.38. The van der Waals surface area contributed by atoms with Crippen LogP contribution >= 0.6 is 34.8 Å². The molecule has 3 aromatic carbocycles. The molecule has 0 bridgehead atoms. The van der Waals surface area contributed by atoms with E-state index in [1.165, 1.54) is 0 Å². The van der Waals surface area contributed by atoms with Crippen LogP contribution in [-0.2, 0) is 0 Å². The molecule has 5 aromatic rings. The highest BCUT2D eigenvalue weighted by Crippen LogP contribution is 2.47. The van der Waals surface area contributed by atoms with Crippen LogP contribution in [0.2, 0.25) is 15.1 Å². The smallest absolute Gasteiger partial charge is 0.146 e. The molecule has 158 valence electrons. The molecule has 0 atom stereocenters. The average molecular weight is 482 g/mol. The maximum atomic E-state index is 11.2. The van der Waals surface area contributed by atoms with Crippen molar-refractivity contribution in [1.29, 1.82) is 0 Å². The number of rotatable bonds is 3. The number of hydrogen-bond acceptors (Lipinski definition) is 4. The van der Waals surface area contributed by atoms with Gasteiger partial charge in [0.25, 0.3) is 0 Å². The van der Waals surface area contributed by atoms with Crippen molar-refractivity contribution in [3.05, 3.63) is 105 Å². The summed E-state index contributed by atoms with van der Waals surface area (Å²) >= 11 is 19.3. The summed E-state index contributed by atoms with van der Waals surface area (Å²) in [7, 11) is 0. The second-order valence-corrected chi connectivity index (χ2v) is 8.63. The van der Waals surface area contributed by atoms with Crippen LogP contribution in [0.15, 0.2) is 73.1 Å². The third-order valence-electron chi connectivity index (χ3n) is 5.52. The quantitative estimate of drug-likeness (QED) is 0.265. The Kier molecular flexibility index (Phi) is 5.30. The molecule has 0 spiro atoms. The normalized spacial score (nSPS) is 11.5. The Morgan fingerprint density at radius 2 is 1.12 bits per heavy atom. The van der Waals surface area contributed by atoms with E-state index in [1.807, 2.05) is 12.1 Å². The predicted molar refractivity (Wildman–Crippen MR) is 129 cm³/mol. The van der Waals surface area contributed by atoms with Crippen molar-refractivity contribution in [2.45, 2.75) is 5.92 Å². The first kappa shape index (κ1) is 20.8. The predicted octanol–water partition coefficient (Wildman–Crippen LogP) is 7.33. The molecular weight excluding hydrogens is 467 g/mol. The van der Waals surface area contributed by atoms with Crippen molar-refractivity contribution < 1.29 is 10.2 Å². The molecule has 4 nitrogen and oxygen atoms in total. The van der Waals surface area contributed by atoms with Gasteiger partial charge in [-0.1, -0.05) is 46.9 Å². The van der Waals surface area contributed by atoms with E-state index in [9.17, 15) is 10.2 Å². The van der Waals surface area contributed by atoms with Crippen molar-refractivity contribution in [3.63, 3.8) is 0 Å². The summed E-state index contributed by atoms with van der Waals surface area (Å²) in [6.07, 6.45) is 3.18. The van der Waals surface area contributed by atoms with Gasteiger partial charge in [-0.25, -0.2) is 0 Å². The summed E-state index contributed by atoms with van der Waals surface area (Å²) in [6.45, 7) is 0. The lowest BCUT2D eigenvalue weighted by Crippen LogP contribution is -2.06. The Morgan fingerprint density at radius 1 is 0.656 bits per heavy atom. The van der Waals surface area contributed by atoms with Gasteiger partial charge in [0.2, 0.25) is 0 Å². The van der Waals surface area contributed by atoms with Crippen LogP contribution in [0, 0.1) is 0 Å². The number of phenolic OH excluding ortho intramolecular Hbond substituents is 2. The van der Waals surface area contributed by atoms with Crippen LogP contribution in [0.4, 0.5) is 0 Å². The lowest BCUT2D eigenvalue weighted by atomic mass is 9.83. The number of aromatic hydroxyl groups is 2. The summed E-state index contributed by atoms with van der Waals surface area (Å²) in [5.74, 6) is -0.664. The molecule has 0 aliphatic heterocycles. The van der Waals surface area contributed by atoms with E-state index in [4.69, 9.17) is 34.8 Å². The van der Waals surface area contributed by atoms with Crippen LogP contribution < -0.4 is 0 Å². The van der Waals surface area contributed by atoms with Gasteiger partial charge in [0.1, 0.15) is 22.5 Å². The molecule has 0 aliphatic rings. The van der Waals surface area contributed by atoms with Gasteiger partial charge in [-0.2, -0.15) is 0 Å². The molecule has 0 fully saturated rings. The minimum atomic E-state index is -0.611. The third-order valence-corrected chi connectivity index (χ3v) is 6.39.